The molecule has 0 saturated carbocycles. The monoisotopic (exact) mass is 1080 g/mol. The second-order valence-corrected chi connectivity index (χ2v) is 19.3. The molecule has 424 valence electrons. The summed E-state index contributed by atoms with van der Waals surface area (Å²) < 4.78 is 0. The van der Waals surface area contributed by atoms with E-state index in [1.54, 1.807) is 44.2 Å². The number of nitro benzene ring substituents is 1. The van der Waals surface area contributed by atoms with E-state index in [0.29, 0.717) is 43.2 Å². The van der Waals surface area contributed by atoms with Crippen LogP contribution < -0.4 is 66.3 Å². The van der Waals surface area contributed by atoms with E-state index in [-0.39, 0.29) is 94.6 Å². The van der Waals surface area contributed by atoms with Gasteiger partial charge >= 0.3 is 5.97 Å². The third-order valence-electron chi connectivity index (χ3n) is 12.5. The minimum atomic E-state index is -1.51. The number of hydrogen-bond donors (Lipinski definition) is 13. The molecule has 2 aromatic rings. The van der Waals surface area contributed by atoms with Gasteiger partial charge in [-0.15, -0.1) is 0 Å². The number of nitrogens with two attached hydrogens (primary N) is 6. The molecule has 19 N–H and O–H groups in total. The highest BCUT2D eigenvalue weighted by molar-refractivity contribution is 5.98. The topological polar surface area (TPSA) is 456 Å². The molecule has 0 spiro atoms. The fourth-order valence-corrected chi connectivity index (χ4v) is 8.40. The normalized spacial score (nSPS) is 15.7. The van der Waals surface area contributed by atoms with Crippen LogP contribution >= 0.6 is 0 Å². The molecular weight excluding hydrogens is 1000 g/mol. The highest BCUT2D eigenvalue weighted by Crippen LogP contribution is 2.20. The fourth-order valence-electron chi connectivity index (χ4n) is 8.40. The Balaban J connectivity index is 1.93. The van der Waals surface area contributed by atoms with Gasteiger partial charge in [-0.25, -0.2) is 4.79 Å². The van der Waals surface area contributed by atoms with Crippen molar-refractivity contribution in [1.29, 1.82) is 0 Å². The zero-order valence-corrected chi connectivity index (χ0v) is 44.0. The first-order valence-corrected chi connectivity index (χ1v) is 25.7. The SMILES string of the molecule is CC(C)C[C@H](NC(=O)[C@H](CCCN=C(N)N)NC(=O)[C@H](Cc1ccc([N+](=O)[O-])cc1)NC(=O)[C@H](Cc1ccccc1)NC(=O)[C@H](CCCCN)NC(=O)[C@H](C)NC(=O)[C@@H]1CCCN1C(=O)[C@@H](N)CCCN=C(N)N)C(=O)O. The van der Waals surface area contributed by atoms with Gasteiger partial charge in [0.2, 0.25) is 41.4 Å². The number of nitro groups is 1. The molecule has 8 atom stereocenters. The van der Waals surface area contributed by atoms with Gasteiger partial charge in [0.05, 0.1) is 11.0 Å². The second kappa shape index (κ2) is 32.5. The van der Waals surface area contributed by atoms with E-state index < -0.39 is 101 Å². The van der Waals surface area contributed by atoms with Crippen LogP contribution in [0.25, 0.3) is 0 Å². The number of aliphatic carboxylic acids is 1. The number of nitrogens with one attached hydrogen (secondary N) is 6. The van der Waals surface area contributed by atoms with E-state index in [0.717, 1.165) is 0 Å². The van der Waals surface area contributed by atoms with Gasteiger partial charge in [0.1, 0.15) is 42.3 Å². The molecule has 2 aromatic carbocycles. The smallest absolute Gasteiger partial charge is 0.326 e. The molecule has 77 heavy (non-hydrogen) atoms. The van der Waals surface area contributed by atoms with Crippen LogP contribution in [0, 0.1) is 16.0 Å². The summed E-state index contributed by atoms with van der Waals surface area (Å²) in [6.07, 6.45) is 2.13. The number of nitrogens with zero attached hydrogens (tertiary/aromatic N) is 4. The van der Waals surface area contributed by atoms with Gasteiger partial charge in [-0.1, -0.05) is 56.3 Å². The van der Waals surface area contributed by atoms with Crippen molar-refractivity contribution in [3.05, 3.63) is 75.8 Å². The van der Waals surface area contributed by atoms with Crippen LogP contribution in [0.15, 0.2) is 64.6 Å². The average Bonchev–Trinajstić information content (AvgIpc) is 3.88. The van der Waals surface area contributed by atoms with Crippen LogP contribution in [0.5, 0.6) is 0 Å². The Hall–Kier alpha value is -7.94. The molecule has 0 unspecified atom stereocenters. The lowest BCUT2D eigenvalue weighted by molar-refractivity contribution is -0.384. The van der Waals surface area contributed by atoms with Crippen LogP contribution in [-0.2, 0) is 51.2 Å². The van der Waals surface area contributed by atoms with E-state index in [1.165, 1.54) is 36.1 Å². The quantitative estimate of drug-likeness (QED) is 0.0121. The zero-order valence-electron chi connectivity index (χ0n) is 44.0. The van der Waals surface area contributed by atoms with Gasteiger partial charge in [-0.2, -0.15) is 0 Å². The number of guanidine groups is 2. The van der Waals surface area contributed by atoms with Gasteiger partial charge in [0.25, 0.3) is 5.69 Å². The van der Waals surface area contributed by atoms with Gasteiger partial charge in [0, 0.05) is 44.6 Å². The van der Waals surface area contributed by atoms with Crippen LogP contribution in [0.4, 0.5) is 5.69 Å². The number of carboxylic acids is 1. The van der Waals surface area contributed by atoms with Crippen molar-refractivity contribution in [2.75, 3.05) is 26.2 Å². The van der Waals surface area contributed by atoms with Crippen molar-refractivity contribution in [1.82, 2.24) is 36.8 Å². The van der Waals surface area contributed by atoms with Crippen molar-refractivity contribution >= 4 is 64.9 Å². The van der Waals surface area contributed by atoms with Crippen LogP contribution in [0.2, 0.25) is 0 Å². The molecule has 1 saturated heterocycles. The molecule has 0 aromatic heterocycles. The molecule has 1 fully saturated rings. The molecule has 3 rings (SSSR count). The van der Waals surface area contributed by atoms with E-state index >= 15 is 0 Å². The molecule has 0 radical (unpaired) electrons. The van der Waals surface area contributed by atoms with Crippen molar-refractivity contribution < 1.29 is 48.4 Å². The number of aliphatic imine (C=N–C) groups is 2. The number of carboxylic acid groups (broad SMARTS) is 1. The number of unbranched alkanes of at least 4 members (excludes halogenated alkanes) is 1. The van der Waals surface area contributed by atoms with Crippen LogP contribution in [0.1, 0.15) is 96.1 Å². The van der Waals surface area contributed by atoms with Gasteiger partial charge in [0.15, 0.2) is 11.9 Å². The van der Waals surface area contributed by atoms with Gasteiger partial charge in [-0.05, 0) is 94.7 Å². The Morgan fingerprint density at radius 1 is 0.662 bits per heavy atom. The summed E-state index contributed by atoms with van der Waals surface area (Å²) in [6, 6.07) is 3.83. The summed E-state index contributed by atoms with van der Waals surface area (Å²) in [5, 5.41) is 37.3. The number of carbonyl (C=O) groups excluding carboxylic acids is 7. The Morgan fingerprint density at radius 2 is 1.14 bits per heavy atom. The minimum Gasteiger partial charge on any atom is -0.480 e. The number of carbonyl (C=O) groups is 8. The summed E-state index contributed by atoms with van der Waals surface area (Å²) in [5.74, 6) is -6.96. The summed E-state index contributed by atoms with van der Waals surface area (Å²) in [5.41, 5.74) is 34.4. The summed E-state index contributed by atoms with van der Waals surface area (Å²) in [7, 11) is 0. The highest BCUT2D eigenvalue weighted by Gasteiger charge is 2.38. The average molecular weight is 1080 g/mol. The maximum absolute atomic E-state index is 14.6. The molecule has 0 aliphatic carbocycles. The summed E-state index contributed by atoms with van der Waals surface area (Å²) in [4.78, 5) is 130. The van der Waals surface area contributed by atoms with Gasteiger partial charge in [-0.3, -0.25) is 53.7 Å². The lowest BCUT2D eigenvalue weighted by atomic mass is 10.0. The molecule has 0 bridgehead atoms. The minimum absolute atomic E-state index is 0.0451. The van der Waals surface area contributed by atoms with E-state index in [4.69, 9.17) is 34.4 Å². The number of likely N-dealkylation sites (tertiary alicyclic amines) is 1. The molecule has 1 aliphatic heterocycles. The van der Waals surface area contributed by atoms with Crippen LogP contribution in [0.3, 0.4) is 0 Å². The number of hydrogen-bond acceptors (Lipinski definition) is 14. The number of rotatable bonds is 33. The zero-order chi connectivity index (χ0) is 57.2. The van der Waals surface area contributed by atoms with Gasteiger partial charge < -0.3 is 76.3 Å². The highest BCUT2D eigenvalue weighted by atomic mass is 16.6. The molecular formula is C50H78N16O11. The molecule has 27 nitrogen and oxygen atoms in total. The first kappa shape index (κ1) is 63.4. The third-order valence-corrected chi connectivity index (χ3v) is 12.5. The number of non-ortho nitro benzene ring substituents is 1. The molecule has 27 heteroatoms. The molecule has 1 heterocycles. The maximum atomic E-state index is 14.6. The van der Waals surface area contributed by atoms with Crippen molar-refractivity contribution in [3.63, 3.8) is 0 Å². The number of benzene rings is 2. The molecule has 1 aliphatic rings. The Kier molecular flexibility index (Phi) is 26.7. The van der Waals surface area contributed by atoms with E-state index in [2.05, 4.69) is 41.9 Å². The predicted molar refractivity (Wildman–Crippen MR) is 287 cm³/mol. The van der Waals surface area contributed by atoms with Crippen molar-refractivity contribution in [3.8, 4) is 0 Å². The third kappa shape index (κ3) is 22.4. The summed E-state index contributed by atoms with van der Waals surface area (Å²) >= 11 is 0. The standard InChI is InChI=1S/C50H78N16O11/c1-29(2)26-39(48(74)75)64-43(69)36(16-10-24-58-50(55)56)61-44(70)38(28-32-18-20-33(21-19-32)66(76)77)63-45(71)37(27-31-12-5-4-6-13-31)62-42(68)35(15-7-8-22-51)60-41(67)30(3)59-46(72)40-17-11-25-65(40)47(73)34(52)14-9-23-57-49(53)54/h4-6,12-13,18-21,29-30,34-40H,7-11,14-17,22-28,51-52H2,1-3H3,(H,59,72)(H,60,67)(H,61,70)(H,62,68)(H,63,71)(H,64,69)(H,74,75)(H4,53,54,57)(H4,55,56,58)/t30-,34-,35-,36-,37-,38-,39-,40-/m0/s1. The van der Waals surface area contributed by atoms with E-state index in [1.807, 2.05) is 0 Å². The van der Waals surface area contributed by atoms with Crippen molar-refractivity contribution in [2.45, 2.75) is 146 Å². The van der Waals surface area contributed by atoms with E-state index in [9.17, 15) is 53.6 Å². The summed E-state index contributed by atoms with van der Waals surface area (Å²) in [6.45, 7) is 5.81. The molecule has 7 amide bonds. The lowest BCUT2D eigenvalue weighted by Gasteiger charge is -2.28. The second-order valence-electron chi connectivity index (χ2n) is 19.3. The fraction of sp³-hybridized carbons (Fsp3) is 0.560. The largest absolute Gasteiger partial charge is 0.480 e. The van der Waals surface area contributed by atoms with Crippen molar-refractivity contribution in [2.24, 2.45) is 50.3 Å². The maximum Gasteiger partial charge on any atom is 0.326 e. The first-order valence-electron chi connectivity index (χ1n) is 25.7. The Labute approximate surface area is 447 Å². The Bertz CT molecular complexity index is 2370. The number of amides is 7. The van der Waals surface area contributed by atoms with Crippen LogP contribution in [-0.4, -0.2) is 149 Å². The predicted octanol–water partition coefficient (Wildman–Crippen LogP) is -2.01. The Morgan fingerprint density at radius 3 is 1.65 bits per heavy atom. The lowest BCUT2D eigenvalue weighted by Crippen LogP contribution is -2.60. The first-order chi connectivity index (χ1) is 36.5.